The van der Waals surface area contributed by atoms with Crippen molar-refractivity contribution >= 4 is 31.6 Å². The molecule has 0 unspecified atom stereocenters. The third-order valence-corrected chi connectivity index (χ3v) is 10.4. The lowest BCUT2D eigenvalue weighted by atomic mass is 10.1. The van der Waals surface area contributed by atoms with E-state index in [1.165, 1.54) is 20.7 Å². The summed E-state index contributed by atoms with van der Waals surface area (Å²) in [5, 5.41) is 0. The first-order valence-corrected chi connectivity index (χ1v) is 14.3. The maximum Gasteiger partial charge on any atom is 0.258 e. The van der Waals surface area contributed by atoms with E-state index in [4.69, 9.17) is 4.74 Å². The Hall–Kier alpha value is -2.31. The zero-order valence-corrected chi connectivity index (χ0v) is 20.4. The summed E-state index contributed by atoms with van der Waals surface area (Å²) >= 11 is 0. The number of anilines is 1. The molecule has 0 aliphatic carbocycles. The summed E-state index contributed by atoms with van der Waals surface area (Å²) in [5.41, 5.74) is 1.87. The number of amides is 1. The van der Waals surface area contributed by atoms with Crippen LogP contribution in [0, 0.1) is 0 Å². The first-order valence-electron chi connectivity index (χ1n) is 11.4. The first kappa shape index (κ1) is 23.4. The summed E-state index contributed by atoms with van der Waals surface area (Å²) < 4.78 is 59.6. The fraction of sp³-hybridized carbons (Fsp3) is 0.435. The number of sulfonamides is 2. The topological polar surface area (TPSA) is 104 Å². The molecule has 3 aliphatic rings. The summed E-state index contributed by atoms with van der Waals surface area (Å²) in [6.07, 6.45) is 2.27. The van der Waals surface area contributed by atoms with E-state index in [0.717, 1.165) is 18.4 Å². The summed E-state index contributed by atoms with van der Waals surface area (Å²) in [5.74, 6) is -0.243. The van der Waals surface area contributed by atoms with Gasteiger partial charge in [0.1, 0.15) is 0 Å². The Kier molecular flexibility index (Phi) is 6.23. The van der Waals surface area contributed by atoms with Gasteiger partial charge in [-0.3, -0.25) is 4.79 Å². The Morgan fingerprint density at radius 1 is 0.735 bits per heavy atom. The zero-order valence-electron chi connectivity index (χ0n) is 18.7. The van der Waals surface area contributed by atoms with Crippen molar-refractivity contribution in [1.82, 2.24) is 8.61 Å². The molecule has 1 amide bonds. The second kappa shape index (κ2) is 9.04. The zero-order chi connectivity index (χ0) is 23.9. The predicted octanol–water partition coefficient (Wildman–Crippen LogP) is 1.69. The van der Waals surface area contributed by atoms with Crippen LogP contribution < -0.4 is 4.90 Å². The summed E-state index contributed by atoms with van der Waals surface area (Å²) in [6.45, 7) is 2.90. The van der Waals surface area contributed by atoms with E-state index in [1.807, 2.05) is 0 Å². The Labute approximate surface area is 200 Å². The number of hydrogen-bond acceptors (Lipinski definition) is 6. The molecule has 5 rings (SSSR count). The van der Waals surface area contributed by atoms with Crippen LogP contribution in [-0.4, -0.2) is 77.3 Å². The fourth-order valence-corrected chi connectivity index (χ4v) is 7.66. The molecule has 2 aromatic rings. The Morgan fingerprint density at radius 2 is 1.32 bits per heavy atom. The van der Waals surface area contributed by atoms with Gasteiger partial charge in [-0.1, -0.05) is 0 Å². The van der Waals surface area contributed by atoms with E-state index >= 15 is 0 Å². The molecular weight excluding hydrogens is 478 g/mol. The van der Waals surface area contributed by atoms with Crippen LogP contribution in [0.25, 0.3) is 0 Å². The van der Waals surface area contributed by atoms with Crippen molar-refractivity contribution < 1.29 is 26.4 Å². The van der Waals surface area contributed by atoms with Gasteiger partial charge < -0.3 is 9.64 Å². The van der Waals surface area contributed by atoms with Crippen molar-refractivity contribution in [1.29, 1.82) is 0 Å². The Bertz CT molecular complexity index is 1300. The summed E-state index contributed by atoms with van der Waals surface area (Å²) in [4.78, 5) is 15.2. The molecular formula is C23H27N3O6S2. The highest BCUT2D eigenvalue weighted by Crippen LogP contribution is 2.32. The minimum Gasteiger partial charge on any atom is -0.379 e. The number of ether oxygens (including phenoxy) is 1. The number of benzene rings is 2. The highest BCUT2D eigenvalue weighted by atomic mass is 32.2. The molecule has 0 spiro atoms. The van der Waals surface area contributed by atoms with Gasteiger partial charge in [-0.25, -0.2) is 16.8 Å². The molecule has 0 N–H and O–H groups in total. The van der Waals surface area contributed by atoms with Gasteiger partial charge in [0.15, 0.2) is 0 Å². The number of hydrogen-bond donors (Lipinski definition) is 0. The van der Waals surface area contributed by atoms with E-state index in [0.29, 0.717) is 63.6 Å². The third-order valence-electron chi connectivity index (χ3n) is 6.60. The molecule has 2 saturated heterocycles. The largest absolute Gasteiger partial charge is 0.379 e. The highest BCUT2D eigenvalue weighted by Gasteiger charge is 2.31. The monoisotopic (exact) mass is 505 g/mol. The maximum absolute atomic E-state index is 13.2. The van der Waals surface area contributed by atoms with Crippen LogP contribution in [0.4, 0.5) is 5.69 Å². The number of morpholine rings is 1. The van der Waals surface area contributed by atoms with Crippen molar-refractivity contribution in [2.24, 2.45) is 0 Å². The number of carbonyl (C=O) groups is 1. The third kappa shape index (κ3) is 4.16. The molecule has 11 heteroatoms. The first-order chi connectivity index (χ1) is 16.3. The van der Waals surface area contributed by atoms with Crippen LogP contribution in [0.2, 0.25) is 0 Å². The lowest BCUT2D eigenvalue weighted by Gasteiger charge is -2.26. The van der Waals surface area contributed by atoms with E-state index in [-0.39, 0.29) is 15.7 Å². The lowest BCUT2D eigenvalue weighted by Crippen LogP contribution is -2.40. The molecule has 3 heterocycles. The molecule has 0 saturated carbocycles. The van der Waals surface area contributed by atoms with Crippen LogP contribution in [0.15, 0.2) is 52.3 Å². The van der Waals surface area contributed by atoms with E-state index in [1.54, 1.807) is 35.2 Å². The molecule has 9 nitrogen and oxygen atoms in total. The predicted molar refractivity (Wildman–Crippen MR) is 126 cm³/mol. The van der Waals surface area contributed by atoms with Crippen molar-refractivity contribution in [2.75, 3.05) is 50.8 Å². The number of nitrogens with zero attached hydrogens (tertiary/aromatic N) is 3. The smallest absolute Gasteiger partial charge is 0.258 e. The molecule has 182 valence electrons. The van der Waals surface area contributed by atoms with Gasteiger partial charge in [0, 0.05) is 44.0 Å². The van der Waals surface area contributed by atoms with Crippen LogP contribution in [0.5, 0.6) is 0 Å². The van der Waals surface area contributed by atoms with Gasteiger partial charge in [0.25, 0.3) is 5.91 Å². The standard InChI is InChI=1S/C23H27N3O6S2/c27-23(18-3-5-20(6-4-18)33(28,29)24-10-1-2-11-24)26-12-9-19-17-21(7-8-22(19)26)34(30,31)25-13-15-32-16-14-25/h3-8,17H,1-2,9-16H2. The minimum atomic E-state index is -3.61. The van der Waals surface area contributed by atoms with Gasteiger partial charge in [-0.05, 0) is 67.3 Å². The van der Waals surface area contributed by atoms with Gasteiger partial charge in [-0.15, -0.1) is 0 Å². The average molecular weight is 506 g/mol. The van der Waals surface area contributed by atoms with Gasteiger partial charge >= 0.3 is 0 Å². The summed E-state index contributed by atoms with van der Waals surface area (Å²) in [7, 11) is -7.15. The van der Waals surface area contributed by atoms with E-state index < -0.39 is 20.0 Å². The van der Waals surface area contributed by atoms with Crippen LogP contribution in [0.1, 0.15) is 28.8 Å². The van der Waals surface area contributed by atoms with Gasteiger partial charge in [0.05, 0.1) is 23.0 Å². The second-order valence-electron chi connectivity index (χ2n) is 8.65. The Balaban J connectivity index is 1.35. The average Bonchev–Trinajstić information content (AvgIpc) is 3.55. The highest BCUT2D eigenvalue weighted by molar-refractivity contribution is 7.89. The lowest BCUT2D eigenvalue weighted by molar-refractivity contribution is 0.0730. The van der Waals surface area contributed by atoms with Crippen LogP contribution in [-0.2, 0) is 31.2 Å². The maximum atomic E-state index is 13.2. The van der Waals surface area contributed by atoms with Crippen molar-refractivity contribution in [2.45, 2.75) is 29.1 Å². The summed E-state index contributed by atoms with van der Waals surface area (Å²) in [6, 6.07) is 10.9. The van der Waals surface area contributed by atoms with Crippen LogP contribution >= 0.6 is 0 Å². The van der Waals surface area contributed by atoms with Crippen LogP contribution in [0.3, 0.4) is 0 Å². The minimum absolute atomic E-state index is 0.186. The molecule has 0 atom stereocenters. The van der Waals surface area contributed by atoms with Crippen molar-refractivity contribution in [3.05, 3.63) is 53.6 Å². The number of carbonyl (C=O) groups excluding carboxylic acids is 1. The van der Waals surface area contributed by atoms with E-state index in [9.17, 15) is 21.6 Å². The molecule has 2 aromatic carbocycles. The van der Waals surface area contributed by atoms with Crippen molar-refractivity contribution in [3.8, 4) is 0 Å². The molecule has 34 heavy (non-hydrogen) atoms. The van der Waals surface area contributed by atoms with Gasteiger partial charge in [0.2, 0.25) is 20.0 Å². The normalized spacial score (nSPS) is 19.9. The molecule has 0 bridgehead atoms. The fourth-order valence-electron chi connectivity index (χ4n) is 4.69. The van der Waals surface area contributed by atoms with Crippen molar-refractivity contribution in [3.63, 3.8) is 0 Å². The second-order valence-corrected chi connectivity index (χ2v) is 12.5. The van der Waals surface area contributed by atoms with Gasteiger partial charge in [-0.2, -0.15) is 8.61 Å². The number of fused-ring (bicyclic) bond motifs is 1. The SMILES string of the molecule is O=C(c1ccc(S(=O)(=O)N2CCCC2)cc1)N1CCc2cc(S(=O)(=O)N3CCOCC3)ccc21. The molecule has 3 aliphatic heterocycles. The van der Waals surface area contributed by atoms with E-state index in [2.05, 4.69) is 0 Å². The quantitative estimate of drug-likeness (QED) is 0.613. The molecule has 0 radical (unpaired) electrons. The number of rotatable bonds is 5. The molecule has 0 aromatic heterocycles. The Morgan fingerprint density at radius 3 is 2.00 bits per heavy atom. The molecule has 2 fully saturated rings.